The highest BCUT2D eigenvalue weighted by Crippen LogP contribution is 2.18. The molecule has 0 aliphatic heterocycles. The number of urea groups is 1. The Morgan fingerprint density at radius 2 is 2.05 bits per heavy atom. The van der Waals surface area contributed by atoms with Gasteiger partial charge < -0.3 is 11.1 Å². The number of carbonyl (C=O) groups is 1. The van der Waals surface area contributed by atoms with Crippen molar-refractivity contribution in [1.29, 1.82) is 0 Å². The predicted octanol–water partition coefficient (Wildman–Crippen LogP) is 2.32. The van der Waals surface area contributed by atoms with Crippen LogP contribution in [0.2, 0.25) is 0 Å². The second-order valence-corrected chi connectivity index (χ2v) is 4.19. The van der Waals surface area contributed by atoms with Crippen molar-refractivity contribution in [3.8, 4) is 0 Å². The number of carbonyl (C=O) groups excluding carboxylic acids is 1. The summed E-state index contributed by atoms with van der Waals surface area (Å²) in [4.78, 5) is 15.7. The molecule has 0 fully saturated rings. The van der Waals surface area contributed by atoms with Gasteiger partial charge in [0.15, 0.2) is 5.96 Å². The maximum Gasteiger partial charge on any atom is 0.326 e. The van der Waals surface area contributed by atoms with Gasteiger partial charge in [-0.05, 0) is 31.4 Å². The SMILES string of the molecule is C=CCCN=C(N)NC(=O)Nc1c(C)cccc1C. The number of nitrogens with zero attached hydrogens (tertiary/aromatic N) is 1. The summed E-state index contributed by atoms with van der Waals surface area (Å²) in [6.45, 7) is 7.97. The van der Waals surface area contributed by atoms with Crippen LogP contribution in [0.3, 0.4) is 0 Å². The largest absolute Gasteiger partial charge is 0.370 e. The van der Waals surface area contributed by atoms with E-state index in [-0.39, 0.29) is 5.96 Å². The summed E-state index contributed by atoms with van der Waals surface area (Å²) in [5.41, 5.74) is 8.37. The van der Waals surface area contributed by atoms with E-state index in [1.54, 1.807) is 6.08 Å². The number of nitrogens with two attached hydrogens (primary N) is 1. The molecule has 2 amide bonds. The predicted molar refractivity (Wildman–Crippen MR) is 79.4 cm³/mol. The van der Waals surface area contributed by atoms with Gasteiger partial charge >= 0.3 is 6.03 Å². The molecule has 19 heavy (non-hydrogen) atoms. The lowest BCUT2D eigenvalue weighted by Gasteiger charge is -2.12. The normalized spacial score (nSPS) is 10.9. The second-order valence-electron chi connectivity index (χ2n) is 4.19. The Labute approximate surface area is 113 Å². The molecule has 0 saturated heterocycles. The van der Waals surface area contributed by atoms with E-state index in [1.165, 1.54) is 0 Å². The minimum absolute atomic E-state index is 0.102. The van der Waals surface area contributed by atoms with Crippen molar-refractivity contribution in [3.05, 3.63) is 42.0 Å². The molecule has 0 saturated carbocycles. The van der Waals surface area contributed by atoms with Crippen LogP contribution in [0.15, 0.2) is 35.8 Å². The highest BCUT2D eigenvalue weighted by atomic mass is 16.2. The topological polar surface area (TPSA) is 79.5 Å². The van der Waals surface area contributed by atoms with E-state index < -0.39 is 6.03 Å². The fraction of sp³-hybridized carbons (Fsp3) is 0.286. The molecule has 0 aromatic heterocycles. The van der Waals surface area contributed by atoms with E-state index in [9.17, 15) is 4.79 Å². The molecule has 1 aromatic rings. The number of rotatable bonds is 4. The van der Waals surface area contributed by atoms with Crippen LogP contribution in [0.4, 0.5) is 10.5 Å². The molecule has 4 N–H and O–H groups in total. The number of benzene rings is 1. The third kappa shape index (κ3) is 4.83. The van der Waals surface area contributed by atoms with Gasteiger partial charge in [-0.25, -0.2) is 4.79 Å². The van der Waals surface area contributed by atoms with Crippen LogP contribution in [0.1, 0.15) is 17.5 Å². The number of nitrogens with one attached hydrogen (secondary N) is 2. The van der Waals surface area contributed by atoms with E-state index >= 15 is 0 Å². The van der Waals surface area contributed by atoms with E-state index in [1.807, 2.05) is 32.0 Å². The van der Waals surface area contributed by atoms with E-state index in [2.05, 4.69) is 22.2 Å². The van der Waals surface area contributed by atoms with Crippen LogP contribution in [0.5, 0.6) is 0 Å². The number of hydrogen-bond donors (Lipinski definition) is 3. The Hall–Kier alpha value is -2.30. The quantitative estimate of drug-likeness (QED) is 0.336. The smallest absolute Gasteiger partial charge is 0.326 e. The lowest BCUT2D eigenvalue weighted by atomic mass is 10.1. The summed E-state index contributed by atoms with van der Waals surface area (Å²) in [6, 6.07) is 5.42. The van der Waals surface area contributed by atoms with Crippen molar-refractivity contribution in [2.45, 2.75) is 20.3 Å². The van der Waals surface area contributed by atoms with Crippen LogP contribution >= 0.6 is 0 Å². The first-order valence-electron chi connectivity index (χ1n) is 6.09. The van der Waals surface area contributed by atoms with E-state index in [0.717, 1.165) is 23.2 Å². The Bertz CT molecular complexity index is 474. The first-order chi connectivity index (χ1) is 9.04. The number of aliphatic imine (C=N–C) groups is 1. The third-order valence-corrected chi connectivity index (χ3v) is 2.58. The molecule has 1 aromatic carbocycles. The van der Waals surface area contributed by atoms with Gasteiger partial charge in [-0.1, -0.05) is 24.3 Å². The van der Waals surface area contributed by atoms with Crippen molar-refractivity contribution < 1.29 is 4.79 Å². The van der Waals surface area contributed by atoms with Crippen molar-refractivity contribution in [2.75, 3.05) is 11.9 Å². The molecule has 0 atom stereocenters. The summed E-state index contributed by atoms with van der Waals surface area (Å²) < 4.78 is 0. The average Bonchev–Trinajstić information content (AvgIpc) is 2.34. The standard InChI is InChI=1S/C14H20N4O/c1-4-5-9-16-13(15)18-14(19)17-12-10(2)7-6-8-11(12)3/h4,6-8H,1,5,9H2,2-3H3,(H4,15,16,17,18,19). The number of hydrogen-bond acceptors (Lipinski definition) is 2. The molecule has 5 heteroatoms. The average molecular weight is 260 g/mol. The number of amides is 2. The van der Waals surface area contributed by atoms with E-state index in [0.29, 0.717) is 6.54 Å². The summed E-state index contributed by atoms with van der Waals surface area (Å²) in [7, 11) is 0. The molecule has 0 aliphatic rings. The highest BCUT2D eigenvalue weighted by Gasteiger charge is 2.07. The van der Waals surface area contributed by atoms with Gasteiger partial charge in [0, 0.05) is 12.2 Å². The van der Waals surface area contributed by atoms with Crippen LogP contribution in [-0.4, -0.2) is 18.5 Å². The molecule has 0 heterocycles. The Balaban J connectivity index is 2.60. The minimum Gasteiger partial charge on any atom is -0.370 e. The fourth-order valence-electron chi connectivity index (χ4n) is 1.59. The van der Waals surface area contributed by atoms with Crippen molar-refractivity contribution in [3.63, 3.8) is 0 Å². The van der Waals surface area contributed by atoms with E-state index in [4.69, 9.17) is 5.73 Å². The molecule has 5 nitrogen and oxygen atoms in total. The van der Waals surface area contributed by atoms with Crippen LogP contribution in [-0.2, 0) is 0 Å². The summed E-state index contributed by atoms with van der Waals surface area (Å²) in [5.74, 6) is 0.102. The highest BCUT2D eigenvalue weighted by molar-refractivity contribution is 6.02. The summed E-state index contributed by atoms with van der Waals surface area (Å²) in [5, 5.41) is 5.25. The Kier molecular flexibility index (Phi) is 5.60. The van der Waals surface area contributed by atoms with Crippen LogP contribution < -0.4 is 16.4 Å². The molecule has 0 unspecified atom stereocenters. The molecule has 0 bridgehead atoms. The summed E-state index contributed by atoms with van der Waals surface area (Å²) >= 11 is 0. The van der Waals surface area contributed by atoms with Gasteiger partial charge in [0.2, 0.25) is 0 Å². The van der Waals surface area contributed by atoms with Crippen molar-refractivity contribution in [2.24, 2.45) is 10.7 Å². The lowest BCUT2D eigenvalue weighted by Crippen LogP contribution is -2.40. The first-order valence-corrected chi connectivity index (χ1v) is 6.09. The number of anilines is 1. The number of para-hydroxylation sites is 1. The fourth-order valence-corrected chi connectivity index (χ4v) is 1.59. The van der Waals surface area contributed by atoms with Gasteiger partial charge in [-0.15, -0.1) is 6.58 Å². The van der Waals surface area contributed by atoms with Gasteiger partial charge in [-0.3, -0.25) is 10.3 Å². The number of aryl methyl sites for hydroxylation is 2. The van der Waals surface area contributed by atoms with Crippen LogP contribution in [0.25, 0.3) is 0 Å². The Morgan fingerprint density at radius 1 is 1.42 bits per heavy atom. The van der Waals surface area contributed by atoms with Gasteiger partial charge in [0.05, 0.1) is 0 Å². The lowest BCUT2D eigenvalue weighted by molar-refractivity contribution is 0.256. The van der Waals surface area contributed by atoms with Crippen LogP contribution in [0, 0.1) is 13.8 Å². The zero-order chi connectivity index (χ0) is 14.3. The maximum absolute atomic E-state index is 11.8. The first kappa shape index (κ1) is 14.8. The van der Waals surface area contributed by atoms with Gasteiger partial charge in [-0.2, -0.15) is 0 Å². The summed E-state index contributed by atoms with van der Waals surface area (Å²) in [6.07, 6.45) is 2.47. The van der Waals surface area contributed by atoms with Crippen molar-refractivity contribution >= 4 is 17.7 Å². The molecule has 102 valence electrons. The minimum atomic E-state index is -0.391. The van der Waals surface area contributed by atoms with Crippen molar-refractivity contribution in [1.82, 2.24) is 5.32 Å². The zero-order valence-corrected chi connectivity index (χ0v) is 11.4. The molecule has 0 radical (unpaired) electrons. The van der Waals surface area contributed by atoms with Gasteiger partial charge in [0.25, 0.3) is 0 Å². The maximum atomic E-state index is 11.8. The molecule has 0 aliphatic carbocycles. The third-order valence-electron chi connectivity index (χ3n) is 2.58. The second kappa shape index (κ2) is 7.20. The number of guanidine groups is 1. The molecular weight excluding hydrogens is 240 g/mol. The van der Waals surface area contributed by atoms with Gasteiger partial charge in [0.1, 0.15) is 0 Å². The Morgan fingerprint density at radius 3 is 2.63 bits per heavy atom. The monoisotopic (exact) mass is 260 g/mol. The molecule has 0 spiro atoms. The molecule has 1 rings (SSSR count). The molecular formula is C14H20N4O. The zero-order valence-electron chi connectivity index (χ0n) is 11.4.